The number of nitrogens with two attached hydrogens (primary N) is 1. The molecule has 0 unspecified atom stereocenters. The van der Waals surface area contributed by atoms with Crippen molar-refractivity contribution in [2.45, 2.75) is 26.3 Å². The van der Waals surface area contributed by atoms with Gasteiger partial charge in [-0.25, -0.2) is 0 Å². The first-order chi connectivity index (χ1) is 6.24. The molecule has 0 aromatic carbocycles. The highest BCUT2D eigenvalue weighted by Gasteiger charge is 2.16. The Kier molecular flexibility index (Phi) is 5.14. The van der Waals surface area contributed by atoms with Crippen LogP contribution in [0.2, 0.25) is 0 Å². The first-order valence-corrected chi connectivity index (χ1v) is 6.45. The van der Waals surface area contributed by atoms with E-state index in [1.807, 2.05) is 0 Å². The van der Waals surface area contributed by atoms with Crippen LogP contribution in [0.4, 0.5) is 0 Å². The molecule has 1 aliphatic heterocycles. The van der Waals surface area contributed by atoms with E-state index >= 15 is 0 Å². The molecule has 0 spiro atoms. The van der Waals surface area contributed by atoms with Gasteiger partial charge in [0.05, 0.1) is 0 Å². The largest absolute Gasteiger partial charge is 0.326 e. The Bertz CT molecular complexity index is 135. The van der Waals surface area contributed by atoms with Gasteiger partial charge in [-0.3, -0.25) is 0 Å². The van der Waals surface area contributed by atoms with Crippen LogP contribution in [0.15, 0.2) is 0 Å². The second kappa shape index (κ2) is 5.89. The van der Waals surface area contributed by atoms with Gasteiger partial charge in [-0.05, 0) is 5.92 Å². The van der Waals surface area contributed by atoms with Gasteiger partial charge in [-0.2, -0.15) is 11.8 Å². The van der Waals surface area contributed by atoms with E-state index in [-0.39, 0.29) is 0 Å². The smallest absolute Gasteiger partial charge is 0.0193 e. The average molecular weight is 202 g/mol. The summed E-state index contributed by atoms with van der Waals surface area (Å²) in [6.45, 7) is 8.03. The summed E-state index contributed by atoms with van der Waals surface area (Å²) < 4.78 is 0. The SMILES string of the molecule is CC[C@H](C)[C@@H](N)CN1CCSCC1. The lowest BCUT2D eigenvalue weighted by Gasteiger charge is -2.30. The summed E-state index contributed by atoms with van der Waals surface area (Å²) in [5.74, 6) is 3.23. The van der Waals surface area contributed by atoms with Crippen molar-refractivity contribution in [2.75, 3.05) is 31.1 Å². The summed E-state index contributed by atoms with van der Waals surface area (Å²) in [6, 6.07) is 0.369. The van der Waals surface area contributed by atoms with Gasteiger partial charge < -0.3 is 10.6 Å². The molecule has 0 aromatic heterocycles. The molecule has 0 radical (unpaired) electrons. The molecule has 0 aromatic rings. The van der Waals surface area contributed by atoms with Crippen LogP contribution in [0, 0.1) is 5.92 Å². The Labute approximate surface area is 86.2 Å². The summed E-state index contributed by atoms with van der Waals surface area (Å²) in [7, 11) is 0. The normalized spacial score (nSPS) is 24.2. The zero-order valence-electron chi connectivity index (χ0n) is 8.83. The van der Waals surface area contributed by atoms with E-state index in [1.165, 1.54) is 31.0 Å². The molecule has 1 fully saturated rings. The molecular formula is C10H22N2S. The fourth-order valence-electron chi connectivity index (χ4n) is 1.56. The van der Waals surface area contributed by atoms with Crippen LogP contribution in [0.3, 0.4) is 0 Å². The third-order valence-corrected chi connectivity index (χ3v) is 3.89. The molecule has 2 atom stereocenters. The Morgan fingerprint density at radius 3 is 2.54 bits per heavy atom. The van der Waals surface area contributed by atoms with Crippen LogP contribution in [-0.2, 0) is 0 Å². The summed E-state index contributed by atoms with van der Waals surface area (Å²) >= 11 is 2.06. The first kappa shape index (κ1) is 11.3. The lowest BCUT2D eigenvalue weighted by Crippen LogP contribution is -2.44. The Morgan fingerprint density at radius 2 is 2.00 bits per heavy atom. The third kappa shape index (κ3) is 3.88. The van der Waals surface area contributed by atoms with Crippen LogP contribution in [0.1, 0.15) is 20.3 Å². The van der Waals surface area contributed by atoms with Crippen LogP contribution < -0.4 is 5.73 Å². The predicted molar refractivity (Wildman–Crippen MR) is 61.2 cm³/mol. The molecule has 0 amide bonds. The van der Waals surface area contributed by atoms with Gasteiger partial charge in [0.1, 0.15) is 0 Å². The van der Waals surface area contributed by atoms with Gasteiger partial charge >= 0.3 is 0 Å². The fourth-order valence-corrected chi connectivity index (χ4v) is 2.54. The maximum Gasteiger partial charge on any atom is 0.0193 e. The standard InChI is InChI=1S/C10H22N2S/c1-3-9(2)10(11)8-12-4-6-13-7-5-12/h9-10H,3-8,11H2,1-2H3/t9-,10-/m0/s1. The maximum absolute atomic E-state index is 6.11. The molecule has 0 aliphatic carbocycles. The van der Waals surface area contributed by atoms with Gasteiger partial charge in [-0.15, -0.1) is 0 Å². The van der Waals surface area contributed by atoms with Crippen molar-refractivity contribution in [1.29, 1.82) is 0 Å². The molecule has 1 aliphatic rings. The lowest BCUT2D eigenvalue weighted by atomic mass is 10.00. The Morgan fingerprint density at radius 1 is 1.38 bits per heavy atom. The van der Waals surface area contributed by atoms with E-state index in [0.717, 1.165) is 6.54 Å². The molecule has 1 rings (SSSR count). The molecule has 2 N–H and O–H groups in total. The monoisotopic (exact) mass is 202 g/mol. The average Bonchev–Trinajstić information content (AvgIpc) is 2.18. The van der Waals surface area contributed by atoms with Crippen molar-refractivity contribution in [3.05, 3.63) is 0 Å². The maximum atomic E-state index is 6.11. The number of hydrogen-bond donors (Lipinski definition) is 1. The molecule has 1 heterocycles. The number of hydrogen-bond acceptors (Lipinski definition) is 3. The van der Waals surface area contributed by atoms with Crippen molar-refractivity contribution in [2.24, 2.45) is 11.7 Å². The molecule has 78 valence electrons. The molecule has 3 heteroatoms. The van der Waals surface area contributed by atoms with Gasteiger partial charge in [0.15, 0.2) is 0 Å². The molecule has 2 nitrogen and oxygen atoms in total. The van der Waals surface area contributed by atoms with E-state index in [1.54, 1.807) is 0 Å². The Hall–Kier alpha value is 0.270. The van der Waals surface area contributed by atoms with Gasteiger partial charge in [0.2, 0.25) is 0 Å². The van der Waals surface area contributed by atoms with Crippen LogP contribution in [-0.4, -0.2) is 42.1 Å². The highest BCUT2D eigenvalue weighted by atomic mass is 32.2. The second-order valence-electron chi connectivity index (χ2n) is 3.96. The van der Waals surface area contributed by atoms with Crippen LogP contribution >= 0.6 is 11.8 Å². The minimum absolute atomic E-state index is 0.369. The fraction of sp³-hybridized carbons (Fsp3) is 1.00. The minimum atomic E-state index is 0.369. The highest BCUT2D eigenvalue weighted by Crippen LogP contribution is 2.12. The van der Waals surface area contributed by atoms with E-state index in [0.29, 0.717) is 12.0 Å². The molecule has 0 bridgehead atoms. The van der Waals surface area contributed by atoms with Crippen molar-refractivity contribution in [3.8, 4) is 0 Å². The van der Waals surface area contributed by atoms with Gasteiger partial charge in [-0.1, -0.05) is 20.3 Å². The predicted octanol–water partition coefficient (Wildman–Crippen LogP) is 1.41. The summed E-state index contributed by atoms with van der Waals surface area (Å²) in [6.07, 6.45) is 1.20. The summed E-state index contributed by atoms with van der Waals surface area (Å²) in [5, 5.41) is 0. The number of rotatable bonds is 4. The molecular weight excluding hydrogens is 180 g/mol. The summed E-state index contributed by atoms with van der Waals surface area (Å²) in [5.41, 5.74) is 6.11. The van der Waals surface area contributed by atoms with Crippen molar-refractivity contribution >= 4 is 11.8 Å². The summed E-state index contributed by atoms with van der Waals surface area (Å²) in [4.78, 5) is 2.51. The number of thioether (sulfide) groups is 1. The minimum Gasteiger partial charge on any atom is -0.326 e. The van der Waals surface area contributed by atoms with E-state index in [9.17, 15) is 0 Å². The van der Waals surface area contributed by atoms with Crippen LogP contribution in [0.5, 0.6) is 0 Å². The third-order valence-electron chi connectivity index (χ3n) is 2.95. The Balaban J connectivity index is 2.21. The highest BCUT2D eigenvalue weighted by molar-refractivity contribution is 7.99. The van der Waals surface area contributed by atoms with Crippen LogP contribution in [0.25, 0.3) is 0 Å². The lowest BCUT2D eigenvalue weighted by molar-refractivity contribution is 0.251. The zero-order valence-corrected chi connectivity index (χ0v) is 9.65. The zero-order chi connectivity index (χ0) is 9.68. The molecule has 13 heavy (non-hydrogen) atoms. The molecule has 1 saturated heterocycles. The van der Waals surface area contributed by atoms with Crippen molar-refractivity contribution in [3.63, 3.8) is 0 Å². The van der Waals surface area contributed by atoms with E-state index in [4.69, 9.17) is 5.73 Å². The van der Waals surface area contributed by atoms with Crippen molar-refractivity contribution in [1.82, 2.24) is 4.90 Å². The molecule has 0 saturated carbocycles. The van der Waals surface area contributed by atoms with E-state index < -0.39 is 0 Å². The van der Waals surface area contributed by atoms with Gasteiger partial charge in [0.25, 0.3) is 0 Å². The van der Waals surface area contributed by atoms with E-state index in [2.05, 4.69) is 30.5 Å². The van der Waals surface area contributed by atoms with Gasteiger partial charge in [0, 0.05) is 37.2 Å². The number of nitrogens with zero attached hydrogens (tertiary/aromatic N) is 1. The topological polar surface area (TPSA) is 29.3 Å². The quantitative estimate of drug-likeness (QED) is 0.747. The van der Waals surface area contributed by atoms with Crippen molar-refractivity contribution < 1.29 is 0 Å². The first-order valence-electron chi connectivity index (χ1n) is 5.29. The second-order valence-corrected chi connectivity index (χ2v) is 5.19.